The van der Waals surface area contributed by atoms with Crippen molar-refractivity contribution in [2.24, 2.45) is 0 Å². The van der Waals surface area contributed by atoms with Crippen molar-refractivity contribution in [2.45, 2.75) is 201 Å². The van der Waals surface area contributed by atoms with Crippen molar-refractivity contribution in [3.8, 4) is 0 Å². The fourth-order valence-corrected chi connectivity index (χ4v) is 47.7. The molecule has 0 unspecified atom stereocenters. The van der Waals surface area contributed by atoms with Gasteiger partial charge in [-0.3, -0.25) is 0 Å². The van der Waals surface area contributed by atoms with E-state index in [1.807, 2.05) is 0 Å². The molecule has 4 rings (SSSR count). The van der Waals surface area contributed by atoms with Gasteiger partial charge < -0.3 is 73.3 Å². The number of hydrogen-bond donors (Lipinski definition) is 0. The SMILES string of the molecule is C[Si](C)(CCC[Si](CCC[Si](C)(C)CC[Si]1(C)OCCOCCOCCO1)(CCC[Si](C)(C)CC[Si]1(C)OCCOCCOCCO1)CCC[Si](C)(C)CC[Si]1(C)OCCOCCOCCO1)CC[Si]1(C)OCCOCCOCCO1. The van der Waals surface area contributed by atoms with E-state index in [4.69, 9.17) is 73.3 Å². The van der Waals surface area contributed by atoms with Crippen molar-refractivity contribution < 1.29 is 73.3 Å². The van der Waals surface area contributed by atoms with Crippen molar-refractivity contribution in [2.75, 3.05) is 159 Å². The molecule has 0 radical (unpaired) electrons. The van der Waals surface area contributed by atoms with Gasteiger partial charge in [-0.05, 0) is 50.4 Å². The highest BCUT2D eigenvalue weighted by Crippen LogP contribution is 2.40. The van der Waals surface area contributed by atoms with Gasteiger partial charge in [0.15, 0.2) is 0 Å². The van der Waals surface area contributed by atoms with Crippen molar-refractivity contribution in [1.82, 2.24) is 0 Å². The van der Waals surface area contributed by atoms with Gasteiger partial charge in [0.25, 0.3) is 0 Å². The first-order chi connectivity index (χ1) is 38.5. The third-order valence-electron chi connectivity index (χ3n) is 17.8. The molecular weight excluding hydrogens is 1180 g/mol. The number of hydrogen-bond acceptors (Lipinski definition) is 16. The molecule has 0 aromatic heterocycles. The van der Waals surface area contributed by atoms with Crippen LogP contribution in [0.15, 0.2) is 0 Å². The Kier molecular flexibility index (Phi) is 36.4. The standard InChI is InChI=1S/C56H124O16Si9/c1-73(2,49-53-77(9)65-33-25-57-17-18-58-26-34-66-77)41-13-45-81(46-14-42-74(3,4)50-54-78(10)67-35-27-59-19-20-60-28-36-68-78,47-15-43-75(5,6)51-55-79(11)69-37-29-61-21-22-62-30-38-70-79)48-16-44-76(7,8)52-56-80(12)71-39-31-63-23-24-64-32-40-72-80/h13-56H2,1-12H3. The third-order valence-corrected chi connectivity index (χ3v) is 49.9. The molecule has 4 heterocycles. The average Bonchev–Trinajstić information content (AvgIpc) is 3.55. The van der Waals surface area contributed by atoms with E-state index in [1.54, 1.807) is 0 Å². The zero-order valence-electron chi connectivity index (χ0n) is 54.1. The molecule has 0 aromatic carbocycles. The Morgan fingerprint density at radius 1 is 0.210 bits per heavy atom. The second-order valence-corrected chi connectivity index (χ2v) is 67.5. The molecule has 81 heavy (non-hydrogen) atoms. The summed E-state index contributed by atoms with van der Waals surface area (Å²) in [5, 5.41) is 0. The zero-order valence-corrected chi connectivity index (χ0v) is 63.1. The lowest BCUT2D eigenvalue weighted by atomic mass is 10.5. The second kappa shape index (κ2) is 39.4. The van der Waals surface area contributed by atoms with E-state index in [2.05, 4.69) is 78.6 Å². The molecule has 4 aliphatic heterocycles. The smallest absolute Gasteiger partial charge is 0.334 e. The molecule has 0 spiro atoms. The quantitative estimate of drug-likeness (QED) is 0.0684. The highest BCUT2D eigenvalue weighted by molar-refractivity contribution is 6.83. The Morgan fingerprint density at radius 3 is 0.519 bits per heavy atom. The molecule has 4 aliphatic rings. The minimum Gasteiger partial charge on any atom is -0.392 e. The lowest BCUT2D eigenvalue weighted by Gasteiger charge is -2.37. The van der Waals surface area contributed by atoms with Gasteiger partial charge in [-0.1, -0.05) is 151 Å². The van der Waals surface area contributed by atoms with Gasteiger partial charge in [0, 0.05) is 32.3 Å². The molecule has 480 valence electrons. The van der Waals surface area contributed by atoms with Crippen molar-refractivity contribution in [1.29, 1.82) is 0 Å². The first kappa shape index (κ1) is 74.8. The van der Waals surface area contributed by atoms with Crippen LogP contribution in [0.4, 0.5) is 0 Å². The predicted octanol–water partition coefficient (Wildman–Crippen LogP) is 12.4. The summed E-state index contributed by atoms with van der Waals surface area (Å²) in [6.07, 6.45) is 5.44. The van der Waals surface area contributed by atoms with E-state index in [-0.39, 0.29) is 0 Å². The van der Waals surface area contributed by atoms with Gasteiger partial charge >= 0.3 is 34.2 Å². The summed E-state index contributed by atoms with van der Waals surface area (Å²) in [6, 6.07) is 20.5. The zero-order chi connectivity index (χ0) is 58.9. The highest BCUT2D eigenvalue weighted by atomic mass is 28.4. The molecule has 0 amide bonds. The van der Waals surface area contributed by atoms with Crippen LogP contribution in [0, 0.1) is 0 Å². The molecule has 0 saturated carbocycles. The fraction of sp³-hybridized carbons (Fsp3) is 1.00. The lowest BCUT2D eigenvalue weighted by molar-refractivity contribution is 0.0375. The summed E-state index contributed by atoms with van der Waals surface area (Å²) >= 11 is 0. The van der Waals surface area contributed by atoms with Gasteiger partial charge in [-0.15, -0.1) is 0 Å². The molecule has 16 nitrogen and oxygen atoms in total. The topological polar surface area (TPSA) is 148 Å². The van der Waals surface area contributed by atoms with Crippen LogP contribution in [0.5, 0.6) is 0 Å². The molecule has 0 aromatic rings. The fourth-order valence-electron chi connectivity index (χ4n) is 11.8. The van der Waals surface area contributed by atoms with Gasteiger partial charge in [0.2, 0.25) is 0 Å². The van der Waals surface area contributed by atoms with Crippen molar-refractivity contribution >= 4 is 74.6 Å². The molecule has 0 atom stereocenters. The van der Waals surface area contributed by atoms with Crippen molar-refractivity contribution in [3.05, 3.63) is 0 Å². The summed E-state index contributed by atoms with van der Waals surface area (Å²) in [4.78, 5) is 0. The van der Waals surface area contributed by atoms with Crippen LogP contribution >= 0.6 is 0 Å². The molecule has 0 bridgehead atoms. The van der Waals surface area contributed by atoms with Crippen LogP contribution in [0.1, 0.15) is 25.7 Å². The van der Waals surface area contributed by atoms with Gasteiger partial charge in [0.05, 0.1) is 167 Å². The average molecular weight is 1310 g/mol. The molecule has 4 saturated heterocycles. The Hall–Kier alpha value is 1.31. The van der Waals surface area contributed by atoms with Gasteiger partial charge in [0.1, 0.15) is 0 Å². The Bertz CT molecular complexity index is 1350. The third kappa shape index (κ3) is 34.8. The Labute approximate surface area is 504 Å². The monoisotopic (exact) mass is 1300 g/mol. The predicted molar refractivity (Wildman–Crippen MR) is 352 cm³/mol. The van der Waals surface area contributed by atoms with E-state index >= 15 is 0 Å². The van der Waals surface area contributed by atoms with Crippen LogP contribution in [0.25, 0.3) is 0 Å². The maximum Gasteiger partial charge on any atom is 0.334 e. The Morgan fingerprint density at radius 2 is 0.358 bits per heavy atom. The van der Waals surface area contributed by atoms with E-state index in [0.29, 0.717) is 159 Å². The summed E-state index contributed by atoms with van der Waals surface area (Å²) < 4.78 is 99.1. The van der Waals surface area contributed by atoms with E-state index < -0.39 is 74.6 Å². The van der Waals surface area contributed by atoms with E-state index in [0.717, 1.165) is 24.2 Å². The molecule has 25 heteroatoms. The van der Waals surface area contributed by atoms with Gasteiger partial charge in [-0.2, -0.15) is 0 Å². The summed E-state index contributed by atoms with van der Waals surface area (Å²) in [5.74, 6) is 0. The second-order valence-electron chi connectivity index (χ2n) is 27.8. The number of rotatable bonds is 28. The minimum absolute atomic E-state index is 0.600. The summed E-state index contributed by atoms with van der Waals surface area (Å²) in [6.45, 7) is 44.9. The first-order valence-electron chi connectivity index (χ1n) is 32.2. The van der Waals surface area contributed by atoms with Crippen LogP contribution < -0.4 is 0 Å². The minimum atomic E-state index is -2.37. The summed E-state index contributed by atoms with van der Waals surface area (Å²) in [7, 11) is -17.6. The lowest BCUT2D eigenvalue weighted by Crippen LogP contribution is -2.43. The Balaban J connectivity index is 1.55. The van der Waals surface area contributed by atoms with Crippen molar-refractivity contribution in [3.63, 3.8) is 0 Å². The molecule has 4 fully saturated rings. The van der Waals surface area contributed by atoms with Gasteiger partial charge in [-0.25, -0.2) is 0 Å². The molecule has 0 N–H and O–H groups in total. The maximum absolute atomic E-state index is 6.59. The van der Waals surface area contributed by atoms with E-state index in [9.17, 15) is 0 Å². The van der Waals surface area contributed by atoms with Crippen LogP contribution in [-0.4, -0.2) is 233 Å². The van der Waals surface area contributed by atoms with E-state index in [1.165, 1.54) is 98.2 Å². The maximum atomic E-state index is 6.59. The van der Waals surface area contributed by atoms with Crippen LogP contribution in [-0.2, 0) is 73.3 Å². The normalized spacial score (nSPS) is 23.0. The largest absolute Gasteiger partial charge is 0.392 e. The van der Waals surface area contributed by atoms with Crippen LogP contribution in [0.2, 0.25) is 175 Å². The molecule has 0 aliphatic carbocycles. The first-order valence-corrected chi connectivity index (χ1v) is 58.8. The molecular formula is C56H124O16Si9. The van der Waals surface area contributed by atoms with Crippen LogP contribution in [0.3, 0.4) is 0 Å². The summed E-state index contributed by atoms with van der Waals surface area (Å²) in [5.41, 5.74) is 0. The highest BCUT2D eigenvalue weighted by Gasteiger charge is 2.41. The number of ether oxygens (including phenoxy) is 8.